The van der Waals surface area contributed by atoms with Crippen molar-refractivity contribution in [2.24, 2.45) is 29.6 Å². The Hall–Kier alpha value is -1.61. The summed E-state index contributed by atoms with van der Waals surface area (Å²) in [5.41, 5.74) is 0.287. The zero-order chi connectivity index (χ0) is 23.4. The normalized spacial score (nSPS) is 37.4. The summed E-state index contributed by atoms with van der Waals surface area (Å²) in [5, 5.41) is 0. The molecule has 1 aromatic carbocycles. The van der Waals surface area contributed by atoms with Crippen molar-refractivity contribution < 1.29 is 28.3 Å². The largest absolute Gasteiger partial charge is 0.457 e. The number of amides is 2. The van der Waals surface area contributed by atoms with Gasteiger partial charge in [-0.2, -0.15) is 0 Å². The van der Waals surface area contributed by atoms with E-state index >= 15 is 0 Å². The van der Waals surface area contributed by atoms with Gasteiger partial charge in [0, 0.05) is 21.3 Å². The molecule has 3 saturated carbocycles. The highest BCUT2D eigenvalue weighted by molar-refractivity contribution is 9.12. The van der Waals surface area contributed by atoms with Crippen LogP contribution in [0.15, 0.2) is 24.3 Å². The van der Waals surface area contributed by atoms with Crippen LogP contribution in [0.2, 0.25) is 0 Å². The number of ketones is 1. The summed E-state index contributed by atoms with van der Waals surface area (Å²) in [6.07, 6.45) is 3.05. The molecule has 4 aliphatic rings. The average molecular weight is 585 g/mol. The van der Waals surface area contributed by atoms with Gasteiger partial charge in [0.15, 0.2) is 12.4 Å². The lowest BCUT2D eigenvalue weighted by Crippen LogP contribution is -2.44. The van der Waals surface area contributed by atoms with Crippen molar-refractivity contribution in [2.45, 2.75) is 47.8 Å². The van der Waals surface area contributed by atoms with E-state index in [2.05, 4.69) is 31.9 Å². The van der Waals surface area contributed by atoms with Crippen LogP contribution in [-0.2, 0) is 19.1 Å². The summed E-state index contributed by atoms with van der Waals surface area (Å²) >= 11 is 7.41. The fourth-order valence-electron chi connectivity index (χ4n) is 6.28. The van der Waals surface area contributed by atoms with Crippen molar-refractivity contribution in [3.8, 4) is 0 Å². The van der Waals surface area contributed by atoms with Crippen LogP contribution >= 0.6 is 31.9 Å². The van der Waals surface area contributed by atoms with Crippen LogP contribution in [0.1, 0.15) is 42.5 Å². The SMILES string of the molecule is O=C(COC(=O)C1CCC(N2C(=O)[C@@H]3[C@H]4C[C@@H]([C@H](Br)[C@H]4Br)[C@@H]3C2=O)CC1)c1ccc(F)cc1. The quantitative estimate of drug-likeness (QED) is 0.227. The molecule has 1 saturated heterocycles. The second-order valence-electron chi connectivity index (χ2n) is 9.59. The van der Waals surface area contributed by atoms with Crippen molar-refractivity contribution >= 4 is 55.4 Å². The molecule has 0 spiro atoms. The molecule has 0 radical (unpaired) electrons. The Labute approximate surface area is 207 Å². The summed E-state index contributed by atoms with van der Waals surface area (Å²) in [5.74, 6) is -1.78. The number of imide groups is 1. The molecular formula is C24H24Br2FNO5. The molecule has 0 unspecified atom stereocenters. The van der Waals surface area contributed by atoms with E-state index in [0.29, 0.717) is 25.7 Å². The molecule has 2 amide bonds. The van der Waals surface area contributed by atoms with Crippen LogP contribution in [0.5, 0.6) is 0 Å². The first kappa shape index (κ1) is 23.1. The second kappa shape index (κ2) is 8.87. The molecule has 4 fully saturated rings. The van der Waals surface area contributed by atoms with Crippen LogP contribution in [0.25, 0.3) is 0 Å². The molecule has 5 rings (SSSR count). The summed E-state index contributed by atoms with van der Waals surface area (Å²) in [4.78, 5) is 53.0. The number of nitrogens with zero attached hydrogens (tertiary/aromatic N) is 1. The highest BCUT2D eigenvalue weighted by Crippen LogP contribution is 2.60. The second-order valence-corrected chi connectivity index (χ2v) is 11.7. The lowest BCUT2D eigenvalue weighted by Gasteiger charge is -2.33. The number of likely N-dealkylation sites (tertiary alicyclic amines) is 1. The maximum Gasteiger partial charge on any atom is 0.309 e. The molecule has 1 heterocycles. The van der Waals surface area contributed by atoms with Crippen molar-refractivity contribution in [1.82, 2.24) is 4.90 Å². The van der Waals surface area contributed by atoms with E-state index in [4.69, 9.17) is 4.74 Å². The molecule has 1 aromatic rings. The number of alkyl halides is 2. The number of hydrogen-bond acceptors (Lipinski definition) is 5. The van der Waals surface area contributed by atoms with E-state index in [1.165, 1.54) is 29.2 Å². The number of Topliss-reactive ketones (excluding diaryl/α,β-unsaturated/α-hetero) is 1. The number of rotatable bonds is 5. The minimum Gasteiger partial charge on any atom is -0.457 e. The van der Waals surface area contributed by atoms with Gasteiger partial charge in [0.25, 0.3) is 0 Å². The molecular weight excluding hydrogens is 561 g/mol. The average Bonchev–Trinajstić information content (AvgIpc) is 3.42. The summed E-state index contributed by atoms with van der Waals surface area (Å²) in [6, 6.07) is 4.91. The molecule has 1 aliphatic heterocycles. The Morgan fingerprint density at radius 1 is 0.939 bits per heavy atom. The predicted molar refractivity (Wildman–Crippen MR) is 123 cm³/mol. The molecule has 6 nitrogen and oxygen atoms in total. The Bertz CT molecular complexity index is 961. The van der Waals surface area contributed by atoms with Crippen LogP contribution in [0.3, 0.4) is 0 Å². The van der Waals surface area contributed by atoms with Gasteiger partial charge in [0.1, 0.15) is 5.82 Å². The minimum atomic E-state index is -0.442. The van der Waals surface area contributed by atoms with E-state index in [9.17, 15) is 23.6 Å². The van der Waals surface area contributed by atoms with Gasteiger partial charge in [-0.3, -0.25) is 24.1 Å². The van der Waals surface area contributed by atoms with Gasteiger partial charge in [-0.05, 0) is 68.2 Å². The van der Waals surface area contributed by atoms with E-state index < -0.39 is 11.8 Å². The Morgan fingerprint density at radius 2 is 1.48 bits per heavy atom. The fourth-order valence-corrected chi connectivity index (χ4v) is 8.15. The van der Waals surface area contributed by atoms with Crippen molar-refractivity contribution in [2.75, 3.05) is 6.61 Å². The number of benzene rings is 1. The number of esters is 1. The smallest absolute Gasteiger partial charge is 0.309 e. The van der Waals surface area contributed by atoms with E-state index in [1.807, 2.05) is 0 Å². The summed E-state index contributed by atoms with van der Waals surface area (Å²) in [6.45, 7) is -0.388. The van der Waals surface area contributed by atoms with Crippen LogP contribution in [0, 0.1) is 35.4 Å². The number of halogens is 3. The van der Waals surface area contributed by atoms with Crippen molar-refractivity contribution in [3.63, 3.8) is 0 Å². The van der Waals surface area contributed by atoms with Gasteiger partial charge < -0.3 is 4.74 Å². The van der Waals surface area contributed by atoms with Crippen LogP contribution in [-0.4, -0.2) is 50.8 Å². The Kier molecular flexibility index (Phi) is 6.22. The summed E-state index contributed by atoms with van der Waals surface area (Å²) in [7, 11) is 0. The lowest BCUT2D eigenvalue weighted by atomic mass is 9.81. The lowest BCUT2D eigenvalue weighted by molar-refractivity contribution is -0.149. The third-order valence-electron chi connectivity index (χ3n) is 7.93. The topological polar surface area (TPSA) is 80.8 Å². The van der Waals surface area contributed by atoms with E-state index in [-0.39, 0.29) is 75.1 Å². The first-order chi connectivity index (χ1) is 15.8. The maximum absolute atomic E-state index is 13.2. The number of carbonyl (C=O) groups excluding carboxylic acids is 4. The molecule has 0 aromatic heterocycles. The highest BCUT2D eigenvalue weighted by atomic mass is 79.9. The molecule has 33 heavy (non-hydrogen) atoms. The summed E-state index contributed by atoms with van der Waals surface area (Å²) < 4.78 is 18.2. The molecule has 6 atom stereocenters. The van der Waals surface area contributed by atoms with Crippen molar-refractivity contribution in [3.05, 3.63) is 35.6 Å². The molecule has 176 valence electrons. The number of hydrogen-bond donors (Lipinski definition) is 0. The van der Waals surface area contributed by atoms with E-state index in [1.54, 1.807) is 0 Å². The highest BCUT2D eigenvalue weighted by Gasteiger charge is 2.67. The van der Waals surface area contributed by atoms with E-state index in [0.717, 1.165) is 6.42 Å². The first-order valence-corrected chi connectivity index (χ1v) is 13.2. The van der Waals surface area contributed by atoms with Gasteiger partial charge in [0.05, 0.1) is 17.8 Å². The fraction of sp³-hybridized carbons (Fsp3) is 0.583. The van der Waals surface area contributed by atoms with Gasteiger partial charge in [-0.1, -0.05) is 31.9 Å². The predicted octanol–water partition coefficient (Wildman–Crippen LogP) is 3.89. The zero-order valence-corrected chi connectivity index (χ0v) is 21.0. The molecule has 0 N–H and O–H groups in total. The maximum atomic E-state index is 13.2. The zero-order valence-electron chi connectivity index (χ0n) is 17.8. The van der Waals surface area contributed by atoms with Gasteiger partial charge in [0.2, 0.25) is 11.8 Å². The van der Waals surface area contributed by atoms with Gasteiger partial charge >= 0.3 is 5.97 Å². The minimum absolute atomic E-state index is 0.0442. The third kappa shape index (κ3) is 3.89. The Morgan fingerprint density at radius 3 is 2.03 bits per heavy atom. The molecule has 9 heteroatoms. The van der Waals surface area contributed by atoms with Crippen molar-refractivity contribution in [1.29, 1.82) is 0 Å². The Balaban J connectivity index is 1.15. The standard InChI is InChI=1S/C24H24Br2FNO5/c25-20-15-9-16(21(20)26)19-18(15)22(30)28(23(19)31)14-7-3-12(4-8-14)24(32)33-10-17(29)11-1-5-13(27)6-2-11/h1-2,5-6,12,14-16,18-21H,3-4,7-10H2/t12?,14?,15-,16-,18-,19+,20+,21+/m1/s1. The van der Waals surface area contributed by atoms with Crippen LogP contribution in [0.4, 0.5) is 4.39 Å². The van der Waals surface area contributed by atoms with Crippen LogP contribution < -0.4 is 0 Å². The molecule has 2 bridgehead atoms. The molecule has 3 aliphatic carbocycles. The monoisotopic (exact) mass is 583 g/mol. The number of carbonyl (C=O) groups is 4. The number of fused-ring (bicyclic) bond motifs is 5. The van der Waals surface area contributed by atoms with Gasteiger partial charge in [-0.15, -0.1) is 0 Å². The first-order valence-electron chi connectivity index (χ1n) is 11.4. The number of ether oxygens (including phenoxy) is 1. The van der Waals surface area contributed by atoms with Gasteiger partial charge in [-0.25, -0.2) is 4.39 Å². The third-order valence-corrected chi connectivity index (χ3v) is 11.1.